The van der Waals surface area contributed by atoms with Crippen LogP contribution in [0.25, 0.3) is 0 Å². The summed E-state index contributed by atoms with van der Waals surface area (Å²) in [5.41, 5.74) is 1.10. The molecule has 0 aromatic carbocycles. The third kappa shape index (κ3) is 4.23. The van der Waals surface area contributed by atoms with Crippen molar-refractivity contribution >= 4 is 5.78 Å². The van der Waals surface area contributed by atoms with Crippen molar-refractivity contribution in [1.29, 1.82) is 0 Å². The van der Waals surface area contributed by atoms with Crippen molar-refractivity contribution in [3.8, 4) is 0 Å². The first-order valence-electron chi connectivity index (χ1n) is 6.55. The van der Waals surface area contributed by atoms with Crippen LogP contribution in [0.5, 0.6) is 0 Å². The van der Waals surface area contributed by atoms with Crippen LogP contribution in [0.1, 0.15) is 24.8 Å². The fraction of sp³-hybridized carbons (Fsp3) is 0.692. The molecule has 2 rings (SSSR count). The van der Waals surface area contributed by atoms with Crippen LogP contribution in [0.4, 0.5) is 0 Å². The number of Topliss-reactive ketones (excluding diaryl/α,β-unsaturated/α-hetero) is 1. The summed E-state index contributed by atoms with van der Waals surface area (Å²) < 4.78 is 7.38. The first kappa shape index (κ1) is 13.2. The monoisotopic (exact) mass is 251 g/mol. The highest BCUT2D eigenvalue weighted by atomic mass is 16.5. The van der Waals surface area contributed by atoms with E-state index < -0.39 is 0 Å². The van der Waals surface area contributed by atoms with Crippen LogP contribution >= 0.6 is 0 Å². The van der Waals surface area contributed by atoms with Gasteiger partial charge in [-0.05, 0) is 37.9 Å². The lowest BCUT2D eigenvalue weighted by Gasteiger charge is -2.22. The summed E-state index contributed by atoms with van der Waals surface area (Å²) in [4.78, 5) is 11.7. The van der Waals surface area contributed by atoms with E-state index >= 15 is 0 Å². The van der Waals surface area contributed by atoms with Gasteiger partial charge in [0.05, 0.1) is 12.3 Å². The third-order valence-corrected chi connectivity index (χ3v) is 3.22. The Morgan fingerprint density at radius 1 is 1.56 bits per heavy atom. The van der Waals surface area contributed by atoms with E-state index in [1.807, 2.05) is 13.2 Å². The molecular weight excluding hydrogens is 230 g/mol. The minimum atomic E-state index is 0.178. The summed E-state index contributed by atoms with van der Waals surface area (Å²) in [6, 6.07) is 0. The maximum atomic E-state index is 11.7. The number of aromatic nitrogens is 2. The fourth-order valence-corrected chi connectivity index (χ4v) is 2.13. The first-order valence-corrected chi connectivity index (χ1v) is 6.55. The number of nitrogens with zero attached hydrogens (tertiary/aromatic N) is 2. The van der Waals surface area contributed by atoms with Crippen molar-refractivity contribution in [3.05, 3.63) is 18.0 Å². The molecule has 1 aliphatic heterocycles. The molecule has 100 valence electrons. The molecule has 0 aliphatic carbocycles. The van der Waals surface area contributed by atoms with Gasteiger partial charge in [-0.2, -0.15) is 5.10 Å². The first-order chi connectivity index (χ1) is 8.74. The van der Waals surface area contributed by atoms with Crippen molar-refractivity contribution in [2.75, 3.05) is 19.7 Å². The van der Waals surface area contributed by atoms with Crippen LogP contribution < -0.4 is 5.32 Å². The Kier molecular flexibility index (Phi) is 4.90. The summed E-state index contributed by atoms with van der Waals surface area (Å²) in [6.07, 6.45) is 7.32. The molecule has 18 heavy (non-hydrogen) atoms. The summed E-state index contributed by atoms with van der Waals surface area (Å²) >= 11 is 0. The number of carbonyl (C=O) groups is 1. The lowest BCUT2D eigenvalue weighted by molar-refractivity contribution is -0.126. The molecule has 0 atom stereocenters. The molecule has 0 radical (unpaired) electrons. The number of hydrogen-bond donors (Lipinski definition) is 1. The minimum Gasteiger partial charge on any atom is -0.370 e. The van der Waals surface area contributed by atoms with Crippen LogP contribution in [-0.2, 0) is 23.0 Å². The quantitative estimate of drug-likeness (QED) is 0.808. The largest absolute Gasteiger partial charge is 0.370 e. The Hall–Kier alpha value is -1.20. The predicted octanol–water partition coefficient (Wildman–Crippen LogP) is 0.690. The van der Waals surface area contributed by atoms with Crippen molar-refractivity contribution in [1.82, 2.24) is 15.1 Å². The lowest BCUT2D eigenvalue weighted by atomic mass is 10.1. The van der Waals surface area contributed by atoms with E-state index in [0.29, 0.717) is 6.42 Å². The number of hydrogen-bond acceptors (Lipinski definition) is 4. The highest BCUT2D eigenvalue weighted by molar-refractivity contribution is 5.79. The average molecular weight is 251 g/mol. The molecule has 0 saturated carbocycles. The lowest BCUT2D eigenvalue weighted by Crippen LogP contribution is -2.33. The van der Waals surface area contributed by atoms with E-state index in [0.717, 1.165) is 37.9 Å². The van der Waals surface area contributed by atoms with Crippen molar-refractivity contribution < 1.29 is 9.53 Å². The van der Waals surface area contributed by atoms with E-state index in [9.17, 15) is 4.79 Å². The van der Waals surface area contributed by atoms with Gasteiger partial charge in [0.15, 0.2) is 5.78 Å². The molecule has 1 N–H and O–H groups in total. The van der Waals surface area contributed by atoms with E-state index in [-0.39, 0.29) is 18.5 Å². The predicted molar refractivity (Wildman–Crippen MR) is 68.4 cm³/mol. The highest BCUT2D eigenvalue weighted by Crippen LogP contribution is 2.08. The molecular formula is C13H21N3O2. The van der Waals surface area contributed by atoms with Crippen molar-refractivity contribution in [2.45, 2.75) is 31.8 Å². The fourth-order valence-electron chi connectivity index (χ4n) is 2.13. The zero-order valence-electron chi connectivity index (χ0n) is 10.9. The van der Waals surface area contributed by atoms with E-state index in [1.54, 1.807) is 10.9 Å². The number of carbonyl (C=O) groups excluding carboxylic acids is 1. The molecule has 5 nitrogen and oxygen atoms in total. The van der Waals surface area contributed by atoms with Crippen LogP contribution in [0, 0.1) is 0 Å². The molecule has 5 heteroatoms. The molecule has 1 aliphatic rings. The van der Waals surface area contributed by atoms with E-state index in [4.69, 9.17) is 4.74 Å². The summed E-state index contributed by atoms with van der Waals surface area (Å²) in [6.45, 7) is 2.24. The second-order valence-electron chi connectivity index (χ2n) is 4.82. The SMILES string of the molecule is Cn1cc(CCC(=O)COC2CCNCC2)cn1. The average Bonchev–Trinajstić information content (AvgIpc) is 2.81. The number of rotatable bonds is 6. The maximum absolute atomic E-state index is 11.7. The standard InChI is InChI=1S/C13H21N3O2/c1-16-9-11(8-15-16)2-3-12(17)10-18-13-4-6-14-7-5-13/h8-9,13-14H,2-7,10H2,1H3. The van der Waals surface area contributed by atoms with E-state index in [2.05, 4.69) is 10.4 Å². The smallest absolute Gasteiger partial charge is 0.158 e. The Bertz CT molecular complexity index is 383. The molecule has 1 saturated heterocycles. The second-order valence-corrected chi connectivity index (χ2v) is 4.82. The van der Waals surface area contributed by atoms with Gasteiger partial charge in [-0.25, -0.2) is 0 Å². The molecule has 0 spiro atoms. The topological polar surface area (TPSA) is 56.1 Å². The van der Waals surface area contributed by atoms with Crippen LogP contribution in [-0.4, -0.2) is 41.4 Å². The zero-order valence-corrected chi connectivity index (χ0v) is 10.9. The molecule has 0 unspecified atom stereocenters. The summed E-state index contributed by atoms with van der Waals surface area (Å²) in [5, 5.41) is 7.36. The number of ether oxygens (including phenoxy) is 1. The number of nitrogens with one attached hydrogen (secondary N) is 1. The third-order valence-electron chi connectivity index (χ3n) is 3.22. The zero-order chi connectivity index (χ0) is 12.8. The van der Waals surface area contributed by atoms with Gasteiger partial charge >= 0.3 is 0 Å². The van der Waals surface area contributed by atoms with Crippen molar-refractivity contribution in [3.63, 3.8) is 0 Å². The minimum absolute atomic E-state index is 0.178. The normalized spacial score (nSPS) is 16.9. The van der Waals surface area contributed by atoms with E-state index in [1.165, 1.54) is 0 Å². The van der Waals surface area contributed by atoms with Gasteiger partial charge in [0.2, 0.25) is 0 Å². The number of piperidine rings is 1. The summed E-state index contributed by atoms with van der Waals surface area (Å²) in [7, 11) is 1.88. The molecule has 1 aromatic rings. The Balaban J connectivity index is 1.62. The van der Waals surface area contributed by atoms with Gasteiger partial charge in [0.25, 0.3) is 0 Å². The van der Waals surface area contributed by atoms with Gasteiger partial charge < -0.3 is 10.1 Å². The molecule has 1 aromatic heterocycles. The molecule has 0 bridgehead atoms. The van der Waals surface area contributed by atoms with Gasteiger partial charge in [0.1, 0.15) is 6.61 Å². The van der Waals surface area contributed by atoms with Gasteiger partial charge in [0, 0.05) is 19.7 Å². The second kappa shape index (κ2) is 6.66. The van der Waals surface area contributed by atoms with Gasteiger partial charge in [-0.15, -0.1) is 0 Å². The maximum Gasteiger partial charge on any atom is 0.158 e. The molecule has 2 heterocycles. The molecule has 1 fully saturated rings. The van der Waals surface area contributed by atoms with Crippen LogP contribution in [0.3, 0.4) is 0 Å². The Morgan fingerprint density at radius 2 is 2.33 bits per heavy atom. The molecule has 0 amide bonds. The van der Waals surface area contributed by atoms with Gasteiger partial charge in [-0.1, -0.05) is 0 Å². The number of ketones is 1. The Morgan fingerprint density at radius 3 is 3.00 bits per heavy atom. The highest BCUT2D eigenvalue weighted by Gasteiger charge is 2.14. The number of aryl methyl sites for hydroxylation is 2. The summed E-state index contributed by atoms with van der Waals surface area (Å²) in [5.74, 6) is 0.178. The van der Waals surface area contributed by atoms with Crippen molar-refractivity contribution in [2.24, 2.45) is 7.05 Å². The van der Waals surface area contributed by atoms with Gasteiger partial charge in [-0.3, -0.25) is 9.48 Å². The van der Waals surface area contributed by atoms with Crippen LogP contribution in [0.2, 0.25) is 0 Å². The van der Waals surface area contributed by atoms with Crippen LogP contribution in [0.15, 0.2) is 12.4 Å². The Labute approximate surface area is 108 Å².